The van der Waals surface area contributed by atoms with E-state index in [4.69, 9.17) is 0 Å². The molecule has 4 rings (SSSR count). The SMILES string of the molecule is CN1CCN(C(c2ccccc2)c2nncn2Cc2ccccc2)CC1. The van der Waals surface area contributed by atoms with Gasteiger partial charge < -0.3 is 9.47 Å². The molecule has 1 fully saturated rings. The van der Waals surface area contributed by atoms with E-state index in [1.807, 2.05) is 12.4 Å². The molecule has 0 radical (unpaired) electrons. The van der Waals surface area contributed by atoms with Gasteiger partial charge in [0.2, 0.25) is 0 Å². The Morgan fingerprint density at radius 1 is 0.885 bits per heavy atom. The van der Waals surface area contributed by atoms with Crippen LogP contribution < -0.4 is 0 Å². The average Bonchev–Trinajstić information content (AvgIpc) is 3.13. The lowest BCUT2D eigenvalue weighted by Crippen LogP contribution is -2.46. The molecule has 1 atom stereocenters. The van der Waals surface area contributed by atoms with E-state index in [1.54, 1.807) is 0 Å². The summed E-state index contributed by atoms with van der Waals surface area (Å²) in [6, 6.07) is 21.3. The summed E-state index contributed by atoms with van der Waals surface area (Å²) in [4.78, 5) is 4.91. The van der Waals surface area contributed by atoms with Crippen LogP contribution >= 0.6 is 0 Å². The van der Waals surface area contributed by atoms with Crippen molar-refractivity contribution in [3.8, 4) is 0 Å². The molecule has 0 amide bonds. The first-order chi connectivity index (χ1) is 12.8. The molecule has 0 aliphatic carbocycles. The van der Waals surface area contributed by atoms with Gasteiger partial charge in [0.15, 0.2) is 5.82 Å². The van der Waals surface area contributed by atoms with Crippen LogP contribution in [0.5, 0.6) is 0 Å². The van der Waals surface area contributed by atoms with Crippen LogP contribution in [0.4, 0.5) is 0 Å². The third kappa shape index (κ3) is 3.69. The Hall–Kier alpha value is -2.50. The van der Waals surface area contributed by atoms with E-state index in [2.05, 4.69) is 86.2 Å². The van der Waals surface area contributed by atoms with E-state index in [1.165, 1.54) is 11.1 Å². The third-order valence-corrected chi connectivity index (χ3v) is 5.10. The van der Waals surface area contributed by atoms with Crippen molar-refractivity contribution in [1.29, 1.82) is 0 Å². The maximum absolute atomic E-state index is 4.54. The number of hydrogen-bond acceptors (Lipinski definition) is 4. The molecule has 1 aromatic heterocycles. The second-order valence-corrected chi connectivity index (χ2v) is 6.96. The van der Waals surface area contributed by atoms with Gasteiger partial charge >= 0.3 is 0 Å². The van der Waals surface area contributed by atoms with Crippen LogP contribution in [0.15, 0.2) is 67.0 Å². The zero-order valence-corrected chi connectivity index (χ0v) is 15.2. The largest absolute Gasteiger partial charge is 0.311 e. The second-order valence-electron chi connectivity index (χ2n) is 6.96. The van der Waals surface area contributed by atoms with Crippen molar-refractivity contribution in [2.24, 2.45) is 0 Å². The number of benzene rings is 2. The highest BCUT2D eigenvalue weighted by molar-refractivity contribution is 5.26. The van der Waals surface area contributed by atoms with Crippen LogP contribution in [0.25, 0.3) is 0 Å². The number of rotatable bonds is 5. The minimum Gasteiger partial charge on any atom is -0.311 e. The topological polar surface area (TPSA) is 37.2 Å². The lowest BCUT2D eigenvalue weighted by molar-refractivity contribution is 0.122. The minimum atomic E-state index is 0.135. The molecule has 0 bridgehead atoms. The van der Waals surface area contributed by atoms with Crippen molar-refractivity contribution in [2.75, 3.05) is 33.2 Å². The summed E-state index contributed by atoms with van der Waals surface area (Å²) in [6.07, 6.45) is 1.86. The van der Waals surface area contributed by atoms with Gasteiger partial charge in [0, 0.05) is 26.2 Å². The van der Waals surface area contributed by atoms with Gasteiger partial charge in [-0.05, 0) is 18.2 Å². The van der Waals surface area contributed by atoms with Crippen molar-refractivity contribution in [3.05, 3.63) is 83.9 Å². The number of aromatic nitrogens is 3. The van der Waals surface area contributed by atoms with Crippen molar-refractivity contribution in [2.45, 2.75) is 12.6 Å². The Labute approximate surface area is 154 Å². The van der Waals surface area contributed by atoms with Crippen LogP contribution in [-0.4, -0.2) is 57.8 Å². The van der Waals surface area contributed by atoms with Gasteiger partial charge in [0.05, 0.1) is 12.6 Å². The molecule has 5 nitrogen and oxygen atoms in total. The first-order valence-corrected chi connectivity index (χ1v) is 9.20. The van der Waals surface area contributed by atoms with Gasteiger partial charge in [-0.1, -0.05) is 60.7 Å². The van der Waals surface area contributed by atoms with Crippen LogP contribution in [0, 0.1) is 0 Å². The normalized spacial score (nSPS) is 17.3. The summed E-state index contributed by atoms with van der Waals surface area (Å²) < 4.78 is 2.19. The first kappa shape index (κ1) is 16.9. The monoisotopic (exact) mass is 347 g/mol. The number of piperazine rings is 1. The van der Waals surface area contributed by atoms with E-state index in [0.717, 1.165) is 38.5 Å². The predicted octanol–water partition coefficient (Wildman–Crippen LogP) is 2.66. The fourth-order valence-corrected chi connectivity index (χ4v) is 3.62. The van der Waals surface area contributed by atoms with E-state index in [0.29, 0.717) is 0 Å². The standard InChI is InChI=1S/C21H25N5/c1-24-12-14-25(15-13-24)20(19-10-6-3-7-11-19)21-23-22-17-26(21)16-18-8-4-2-5-9-18/h2-11,17,20H,12-16H2,1H3. The van der Waals surface area contributed by atoms with E-state index >= 15 is 0 Å². The van der Waals surface area contributed by atoms with Crippen LogP contribution in [0.1, 0.15) is 23.0 Å². The van der Waals surface area contributed by atoms with Crippen molar-refractivity contribution in [3.63, 3.8) is 0 Å². The minimum absolute atomic E-state index is 0.135. The molecule has 1 unspecified atom stereocenters. The van der Waals surface area contributed by atoms with Crippen molar-refractivity contribution in [1.82, 2.24) is 24.6 Å². The Morgan fingerprint density at radius 3 is 2.23 bits per heavy atom. The van der Waals surface area contributed by atoms with E-state index < -0.39 is 0 Å². The van der Waals surface area contributed by atoms with Gasteiger partial charge in [-0.2, -0.15) is 0 Å². The quantitative estimate of drug-likeness (QED) is 0.711. The zero-order valence-electron chi connectivity index (χ0n) is 15.2. The molecular weight excluding hydrogens is 322 g/mol. The predicted molar refractivity (Wildman–Crippen MR) is 103 cm³/mol. The van der Waals surface area contributed by atoms with Crippen molar-refractivity contribution < 1.29 is 0 Å². The molecule has 2 aromatic carbocycles. The summed E-state index contributed by atoms with van der Waals surface area (Å²) in [5, 5.41) is 8.79. The smallest absolute Gasteiger partial charge is 0.155 e. The Balaban J connectivity index is 1.67. The fourth-order valence-electron chi connectivity index (χ4n) is 3.62. The third-order valence-electron chi connectivity index (χ3n) is 5.10. The molecule has 3 aromatic rings. The highest BCUT2D eigenvalue weighted by Crippen LogP contribution is 2.28. The van der Waals surface area contributed by atoms with Crippen LogP contribution in [0.2, 0.25) is 0 Å². The maximum Gasteiger partial charge on any atom is 0.155 e. The molecule has 1 saturated heterocycles. The number of nitrogens with zero attached hydrogens (tertiary/aromatic N) is 5. The summed E-state index contributed by atoms with van der Waals surface area (Å²) in [7, 11) is 2.19. The summed E-state index contributed by atoms with van der Waals surface area (Å²) in [5.74, 6) is 1.02. The summed E-state index contributed by atoms with van der Waals surface area (Å²) in [6.45, 7) is 5.02. The van der Waals surface area contributed by atoms with E-state index in [-0.39, 0.29) is 6.04 Å². The summed E-state index contributed by atoms with van der Waals surface area (Å²) in [5.41, 5.74) is 2.54. The van der Waals surface area contributed by atoms with E-state index in [9.17, 15) is 0 Å². The second kappa shape index (κ2) is 7.81. The molecule has 2 heterocycles. The van der Waals surface area contributed by atoms with Crippen molar-refractivity contribution >= 4 is 0 Å². The molecule has 134 valence electrons. The molecule has 0 saturated carbocycles. The molecule has 0 N–H and O–H groups in total. The highest BCUT2D eigenvalue weighted by atomic mass is 15.3. The van der Waals surface area contributed by atoms with Gasteiger partial charge in [-0.3, -0.25) is 4.90 Å². The molecular formula is C21H25N5. The van der Waals surface area contributed by atoms with Gasteiger partial charge in [-0.25, -0.2) is 0 Å². The fraction of sp³-hybridized carbons (Fsp3) is 0.333. The van der Waals surface area contributed by atoms with Gasteiger partial charge in [0.1, 0.15) is 6.33 Å². The summed E-state index contributed by atoms with van der Waals surface area (Å²) >= 11 is 0. The molecule has 0 spiro atoms. The molecule has 1 aliphatic heterocycles. The molecule has 26 heavy (non-hydrogen) atoms. The highest BCUT2D eigenvalue weighted by Gasteiger charge is 2.29. The first-order valence-electron chi connectivity index (χ1n) is 9.20. The zero-order chi connectivity index (χ0) is 17.8. The number of likely N-dealkylation sites (N-methyl/N-ethyl adjacent to an activating group) is 1. The number of hydrogen-bond donors (Lipinski definition) is 0. The maximum atomic E-state index is 4.54. The molecule has 5 heteroatoms. The van der Waals surface area contributed by atoms with Crippen LogP contribution in [-0.2, 0) is 6.54 Å². The Morgan fingerprint density at radius 2 is 1.54 bits per heavy atom. The van der Waals surface area contributed by atoms with Gasteiger partial charge in [-0.15, -0.1) is 10.2 Å². The van der Waals surface area contributed by atoms with Crippen LogP contribution in [0.3, 0.4) is 0 Å². The average molecular weight is 347 g/mol. The Bertz CT molecular complexity index is 807. The Kier molecular flexibility index (Phi) is 5.09. The lowest BCUT2D eigenvalue weighted by Gasteiger charge is -2.37. The lowest BCUT2D eigenvalue weighted by atomic mass is 10.0. The molecule has 1 aliphatic rings. The van der Waals surface area contributed by atoms with Gasteiger partial charge in [0.25, 0.3) is 0 Å².